The van der Waals surface area contributed by atoms with E-state index in [1.807, 2.05) is 25.2 Å². The highest BCUT2D eigenvalue weighted by molar-refractivity contribution is 7.91. The number of pyridine rings is 2. The van der Waals surface area contributed by atoms with Crippen LogP contribution in [0.3, 0.4) is 0 Å². The molecule has 1 aliphatic rings. The maximum atomic E-state index is 12.7. The Hall–Kier alpha value is -2.48. The summed E-state index contributed by atoms with van der Waals surface area (Å²) in [4.78, 5) is 24.5. The van der Waals surface area contributed by atoms with Crippen molar-refractivity contribution in [1.29, 1.82) is 0 Å². The van der Waals surface area contributed by atoms with Gasteiger partial charge in [0, 0.05) is 51.0 Å². The standard InChI is InChI=1S/C19H24N4O3S/c1-22(11-6-15-3-8-20-9-4-15)16-5-10-21-18(13-16)19(24)23(2)17-7-12-27(25,26)14-17/h3-5,8-10,13,17H,6-7,11-12,14H2,1-2H3. The van der Waals surface area contributed by atoms with Crippen LogP contribution in [0.5, 0.6) is 0 Å². The van der Waals surface area contributed by atoms with Gasteiger partial charge in [-0.15, -0.1) is 0 Å². The fraction of sp³-hybridized carbons (Fsp3) is 0.421. The highest BCUT2D eigenvalue weighted by Gasteiger charge is 2.33. The second kappa shape index (κ2) is 8.04. The number of anilines is 1. The number of hydrogen-bond acceptors (Lipinski definition) is 6. The molecule has 3 rings (SSSR count). The SMILES string of the molecule is CN(CCc1ccncc1)c1ccnc(C(=O)N(C)C2CCS(=O)(=O)C2)c1. The van der Waals surface area contributed by atoms with E-state index in [2.05, 4.69) is 14.9 Å². The molecular formula is C19H24N4O3S. The number of aromatic nitrogens is 2. The van der Waals surface area contributed by atoms with Gasteiger partial charge in [0.15, 0.2) is 9.84 Å². The Kier molecular flexibility index (Phi) is 5.74. The maximum absolute atomic E-state index is 12.7. The third-order valence-electron chi connectivity index (χ3n) is 4.97. The molecule has 0 N–H and O–H groups in total. The molecule has 2 aromatic rings. The van der Waals surface area contributed by atoms with E-state index >= 15 is 0 Å². The summed E-state index contributed by atoms with van der Waals surface area (Å²) in [6, 6.07) is 7.32. The number of sulfone groups is 1. The van der Waals surface area contributed by atoms with E-state index in [1.54, 1.807) is 31.7 Å². The fourth-order valence-corrected chi connectivity index (χ4v) is 4.95. The molecule has 1 aliphatic heterocycles. The van der Waals surface area contributed by atoms with Crippen molar-refractivity contribution < 1.29 is 13.2 Å². The van der Waals surface area contributed by atoms with Crippen LogP contribution in [0, 0.1) is 0 Å². The van der Waals surface area contributed by atoms with Gasteiger partial charge in [-0.3, -0.25) is 14.8 Å². The Balaban J connectivity index is 1.66. The van der Waals surface area contributed by atoms with Crippen LogP contribution >= 0.6 is 0 Å². The minimum Gasteiger partial charge on any atom is -0.374 e. The molecule has 0 radical (unpaired) electrons. The number of rotatable bonds is 6. The molecule has 0 spiro atoms. The predicted octanol–water partition coefficient (Wildman–Crippen LogP) is 1.41. The van der Waals surface area contributed by atoms with Gasteiger partial charge < -0.3 is 9.80 Å². The Morgan fingerprint density at radius 1 is 1.19 bits per heavy atom. The molecule has 0 bridgehead atoms. The van der Waals surface area contributed by atoms with Gasteiger partial charge in [0.1, 0.15) is 5.69 Å². The quantitative estimate of drug-likeness (QED) is 0.744. The van der Waals surface area contributed by atoms with Crippen LogP contribution in [-0.4, -0.2) is 67.4 Å². The predicted molar refractivity (Wildman–Crippen MR) is 105 cm³/mol. The monoisotopic (exact) mass is 388 g/mol. The zero-order valence-electron chi connectivity index (χ0n) is 15.6. The summed E-state index contributed by atoms with van der Waals surface area (Å²) in [5, 5.41) is 0. The van der Waals surface area contributed by atoms with Crippen LogP contribution in [0.4, 0.5) is 5.69 Å². The summed E-state index contributed by atoms with van der Waals surface area (Å²) in [5.74, 6) is -0.0807. The van der Waals surface area contributed by atoms with Crippen molar-refractivity contribution in [2.75, 3.05) is 37.0 Å². The molecular weight excluding hydrogens is 364 g/mol. The normalized spacial score (nSPS) is 18.2. The van der Waals surface area contributed by atoms with Gasteiger partial charge >= 0.3 is 0 Å². The second-order valence-electron chi connectivity index (χ2n) is 6.90. The lowest BCUT2D eigenvalue weighted by Crippen LogP contribution is -2.38. The van der Waals surface area contributed by atoms with E-state index < -0.39 is 9.84 Å². The molecule has 27 heavy (non-hydrogen) atoms. The molecule has 1 unspecified atom stereocenters. The number of carbonyl (C=O) groups is 1. The Bertz CT molecular complexity index is 902. The average molecular weight is 388 g/mol. The molecule has 7 nitrogen and oxygen atoms in total. The average Bonchev–Trinajstić information content (AvgIpc) is 3.05. The van der Waals surface area contributed by atoms with Crippen molar-refractivity contribution in [3.05, 3.63) is 54.1 Å². The van der Waals surface area contributed by atoms with Gasteiger partial charge in [0.2, 0.25) is 0 Å². The van der Waals surface area contributed by atoms with Crippen LogP contribution in [0.1, 0.15) is 22.5 Å². The smallest absolute Gasteiger partial charge is 0.272 e. The van der Waals surface area contributed by atoms with Crippen molar-refractivity contribution in [3.8, 4) is 0 Å². The van der Waals surface area contributed by atoms with Gasteiger partial charge in [0.25, 0.3) is 5.91 Å². The molecule has 144 valence electrons. The van der Waals surface area contributed by atoms with Gasteiger partial charge in [-0.25, -0.2) is 8.42 Å². The number of amides is 1. The maximum Gasteiger partial charge on any atom is 0.272 e. The second-order valence-corrected chi connectivity index (χ2v) is 9.13. The molecule has 1 atom stereocenters. The molecule has 1 saturated heterocycles. The summed E-state index contributed by atoms with van der Waals surface area (Å²) in [5.41, 5.74) is 2.43. The van der Waals surface area contributed by atoms with Gasteiger partial charge in [-0.05, 0) is 42.7 Å². The lowest BCUT2D eigenvalue weighted by Gasteiger charge is -2.24. The van der Waals surface area contributed by atoms with E-state index in [-0.39, 0.29) is 23.5 Å². The molecule has 8 heteroatoms. The van der Waals surface area contributed by atoms with Crippen molar-refractivity contribution >= 4 is 21.4 Å². The van der Waals surface area contributed by atoms with Gasteiger partial charge in [-0.2, -0.15) is 0 Å². The molecule has 2 aromatic heterocycles. The summed E-state index contributed by atoms with van der Waals surface area (Å²) in [7, 11) is 0.580. The Morgan fingerprint density at radius 3 is 2.59 bits per heavy atom. The lowest BCUT2D eigenvalue weighted by atomic mass is 10.2. The third kappa shape index (κ3) is 4.82. The van der Waals surface area contributed by atoms with Gasteiger partial charge in [-0.1, -0.05) is 0 Å². The van der Waals surface area contributed by atoms with Crippen molar-refractivity contribution in [2.24, 2.45) is 0 Å². The highest BCUT2D eigenvalue weighted by atomic mass is 32.2. The first-order chi connectivity index (χ1) is 12.9. The zero-order chi connectivity index (χ0) is 19.4. The topological polar surface area (TPSA) is 83.5 Å². The molecule has 0 aliphatic carbocycles. The molecule has 0 aromatic carbocycles. The van der Waals surface area contributed by atoms with Crippen molar-refractivity contribution in [3.63, 3.8) is 0 Å². The molecule has 1 fully saturated rings. The van der Waals surface area contributed by atoms with Crippen LogP contribution < -0.4 is 4.90 Å². The summed E-state index contributed by atoms with van der Waals surface area (Å²) >= 11 is 0. The Morgan fingerprint density at radius 2 is 1.93 bits per heavy atom. The van der Waals surface area contributed by atoms with Crippen LogP contribution in [0.2, 0.25) is 0 Å². The summed E-state index contributed by atoms with van der Waals surface area (Å²) in [6.45, 7) is 0.790. The van der Waals surface area contributed by atoms with Crippen molar-refractivity contribution in [1.82, 2.24) is 14.9 Å². The fourth-order valence-electron chi connectivity index (χ4n) is 3.18. The number of nitrogens with zero attached hydrogens (tertiary/aromatic N) is 4. The first-order valence-corrected chi connectivity index (χ1v) is 10.7. The first-order valence-electron chi connectivity index (χ1n) is 8.89. The number of likely N-dealkylation sites (N-methyl/N-ethyl adjacent to an activating group) is 1. The summed E-state index contributed by atoms with van der Waals surface area (Å²) in [6.07, 6.45) is 6.51. The number of hydrogen-bond donors (Lipinski definition) is 0. The zero-order valence-corrected chi connectivity index (χ0v) is 16.4. The van der Waals surface area contributed by atoms with E-state index in [4.69, 9.17) is 0 Å². The van der Waals surface area contributed by atoms with Crippen LogP contribution in [-0.2, 0) is 16.3 Å². The van der Waals surface area contributed by atoms with E-state index in [0.29, 0.717) is 12.1 Å². The van der Waals surface area contributed by atoms with Crippen LogP contribution in [0.15, 0.2) is 42.9 Å². The first kappa shape index (κ1) is 19.3. The Labute approximate surface area is 160 Å². The van der Waals surface area contributed by atoms with E-state index in [0.717, 1.165) is 18.7 Å². The molecule has 1 amide bonds. The summed E-state index contributed by atoms with van der Waals surface area (Å²) < 4.78 is 23.3. The highest BCUT2D eigenvalue weighted by Crippen LogP contribution is 2.20. The molecule has 0 saturated carbocycles. The molecule has 3 heterocycles. The minimum atomic E-state index is -3.04. The van der Waals surface area contributed by atoms with Crippen molar-refractivity contribution in [2.45, 2.75) is 18.9 Å². The third-order valence-corrected chi connectivity index (χ3v) is 6.72. The van der Waals surface area contributed by atoms with E-state index in [9.17, 15) is 13.2 Å². The van der Waals surface area contributed by atoms with Gasteiger partial charge in [0.05, 0.1) is 11.5 Å². The minimum absolute atomic E-state index is 0.0285. The van der Waals surface area contributed by atoms with Crippen LogP contribution in [0.25, 0.3) is 0 Å². The lowest BCUT2D eigenvalue weighted by molar-refractivity contribution is 0.0742. The van der Waals surface area contributed by atoms with E-state index in [1.165, 1.54) is 10.5 Å². The number of carbonyl (C=O) groups excluding carboxylic acids is 1. The largest absolute Gasteiger partial charge is 0.374 e.